The second-order valence-electron chi connectivity index (χ2n) is 16.2. The number of anilines is 1. The molecule has 9 rings (SSSR count). The number of thiol groups is 1. The molecule has 0 saturated carbocycles. The lowest BCUT2D eigenvalue weighted by Gasteiger charge is -2.03. The fourth-order valence-corrected chi connectivity index (χ4v) is 17.7. The number of hydrogen-bond donors (Lipinski definition) is 2. The number of thioether (sulfide) groups is 1. The highest BCUT2D eigenvalue weighted by molar-refractivity contribution is 7.99. The number of hydrogen-bond acceptors (Lipinski definition) is 10. The number of unbranched alkanes of at least 4 members (excludes halogenated alkanes) is 10. The highest BCUT2D eigenvalue weighted by Crippen LogP contribution is 2.51. The molecule has 2 unspecified atom stereocenters. The first-order valence-electron chi connectivity index (χ1n) is 22.1. The molecule has 62 heavy (non-hydrogen) atoms. The Hall–Kier alpha value is -3.14. The summed E-state index contributed by atoms with van der Waals surface area (Å²) in [4.78, 5) is 17.6. The van der Waals surface area contributed by atoms with Gasteiger partial charge in [0, 0.05) is 50.8 Å². The number of nitrogens with zero attached hydrogens (tertiary/aromatic N) is 2. The van der Waals surface area contributed by atoms with Gasteiger partial charge >= 0.3 is 0 Å². The summed E-state index contributed by atoms with van der Waals surface area (Å²) in [6.07, 6.45) is 17.9. The summed E-state index contributed by atoms with van der Waals surface area (Å²) in [6.45, 7) is 4.58. The molecule has 4 nitrogen and oxygen atoms in total. The van der Waals surface area contributed by atoms with Crippen LogP contribution in [0.5, 0.6) is 0 Å². The molecule has 12 heteroatoms. The second kappa shape index (κ2) is 20.8. The van der Waals surface area contributed by atoms with Gasteiger partial charge in [-0.25, -0.2) is 0 Å². The minimum Gasteiger partial charge on any atom is -0.332 e. The predicted octanol–water partition coefficient (Wildman–Crippen LogP) is 16.6. The molecule has 0 fully saturated rings. The Balaban J connectivity index is 0.913. The summed E-state index contributed by atoms with van der Waals surface area (Å²) in [5, 5.41) is 25.9. The van der Waals surface area contributed by atoms with Crippen LogP contribution in [0.2, 0.25) is 0 Å². The van der Waals surface area contributed by atoms with E-state index >= 15 is 0 Å². The van der Waals surface area contributed by atoms with Crippen molar-refractivity contribution < 1.29 is 5.32 Å². The van der Waals surface area contributed by atoms with E-state index in [1.54, 1.807) is 22.7 Å². The Morgan fingerprint density at radius 2 is 1.06 bits per heavy atom. The van der Waals surface area contributed by atoms with Gasteiger partial charge in [0.1, 0.15) is 27.6 Å². The molecule has 0 bridgehead atoms. The summed E-state index contributed by atoms with van der Waals surface area (Å²) >= 11 is 14.2. The molecule has 2 aliphatic rings. The third-order valence-corrected chi connectivity index (χ3v) is 21.9. The van der Waals surface area contributed by atoms with E-state index in [0.29, 0.717) is 5.37 Å². The van der Waals surface area contributed by atoms with Crippen molar-refractivity contribution in [1.29, 1.82) is 10.5 Å². The van der Waals surface area contributed by atoms with E-state index in [-0.39, 0.29) is 5.37 Å². The van der Waals surface area contributed by atoms with Gasteiger partial charge in [0.2, 0.25) is 5.37 Å². The van der Waals surface area contributed by atoms with Gasteiger partial charge in [-0.2, -0.15) is 10.5 Å². The zero-order chi connectivity index (χ0) is 42.4. The molecule has 6 aromatic heterocycles. The van der Waals surface area contributed by atoms with Gasteiger partial charge in [-0.3, -0.25) is 5.32 Å². The van der Waals surface area contributed by atoms with Crippen molar-refractivity contribution in [1.82, 2.24) is 0 Å². The first-order chi connectivity index (χ1) is 30.5. The molecule has 8 heterocycles. The van der Waals surface area contributed by atoms with Crippen molar-refractivity contribution in [3.05, 3.63) is 103 Å². The molecule has 1 aromatic carbocycles. The maximum atomic E-state index is 9.43. The zero-order valence-corrected chi connectivity index (χ0v) is 41.9. The normalized spacial score (nSPS) is 15.4. The smallest absolute Gasteiger partial charge is 0.227 e. The molecule has 2 aliphatic heterocycles. The van der Waals surface area contributed by atoms with Crippen molar-refractivity contribution in [2.24, 2.45) is 0 Å². The van der Waals surface area contributed by atoms with E-state index in [1.165, 1.54) is 170 Å². The quantitative estimate of drug-likeness (QED) is 0.0345. The SMILES string of the molecule is CCCCCCCCc1cc(C2[NH2+]c3cc4c(cc3S2)NC(c2cc(CCCCCCCC)c(-c3ccc(-c5ccc(C#N)s5)s3)s2)[SH+]4)sc1-c1ccc(-c2ccc(C#N)s2)s1. The van der Waals surface area contributed by atoms with Gasteiger partial charge in [-0.15, -0.1) is 68.0 Å². The highest BCUT2D eigenvalue weighted by Gasteiger charge is 2.39. The van der Waals surface area contributed by atoms with Crippen molar-refractivity contribution >= 4 is 103 Å². The van der Waals surface area contributed by atoms with Crippen LogP contribution in [0.3, 0.4) is 0 Å². The summed E-state index contributed by atoms with van der Waals surface area (Å²) in [5.74, 6) is 0. The van der Waals surface area contributed by atoms with E-state index < -0.39 is 0 Å². The molecule has 0 aliphatic carbocycles. The van der Waals surface area contributed by atoms with Crippen molar-refractivity contribution in [2.75, 3.05) is 5.32 Å². The number of nitrogens with two attached hydrogens (primary N) is 1. The number of aryl methyl sites for hydroxylation is 2. The van der Waals surface area contributed by atoms with Crippen LogP contribution < -0.4 is 10.6 Å². The van der Waals surface area contributed by atoms with E-state index in [1.807, 2.05) is 69.2 Å². The number of nitriles is 2. The van der Waals surface area contributed by atoms with E-state index in [0.717, 1.165) is 22.6 Å². The molecule has 0 amide bonds. The van der Waals surface area contributed by atoms with E-state index in [4.69, 9.17) is 0 Å². The molecule has 318 valence electrons. The van der Waals surface area contributed by atoms with Crippen LogP contribution in [-0.4, -0.2) is 0 Å². The fourth-order valence-electron chi connectivity index (χ4n) is 8.37. The minimum absolute atomic E-state index is 0.256. The van der Waals surface area contributed by atoms with Gasteiger partial charge in [0.15, 0.2) is 10.3 Å². The lowest BCUT2D eigenvalue weighted by atomic mass is 10.0. The Kier molecular flexibility index (Phi) is 14.8. The van der Waals surface area contributed by atoms with Crippen LogP contribution in [0.15, 0.2) is 82.6 Å². The van der Waals surface area contributed by atoms with Gasteiger partial charge in [0.25, 0.3) is 0 Å². The van der Waals surface area contributed by atoms with Crippen LogP contribution >= 0.6 is 79.8 Å². The summed E-state index contributed by atoms with van der Waals surface area (Å²) in [7, 11) is 0. The number of nitrogens with one attached hydrogen (secondary N) is 1. The summed E-state index contributed by atoms with van der Waals surface area (Å²) in [5.41, 5.74) is 5.64. The van der Waals surface area contributed by atoms with Crippen molar-refractivity contribution in [2.45, 2.75) is 124 Å². The predicted molar refractivity (Wildman–Crippen MR) is 275 cm³/mol. The zero-order valence-electron chi connectivity index (χ0n) is 35.3. The lowest BCUT2D eigenvalue weighted by molar-refractivity contribution is -0.589. The molecule has 0 saturated heterocycles. The second-order valence-corrected chi connectivity index (χ2v) is 25.2. The molecular weight excluding hydrogens is 913 g/mol. The molecule has 2 atom stereocenters. The Bertz CT molecular complexity index is 2490. The number of thiophene rings is 6. The van der Waals surface area contributed by atoms with Crippen LogP contribution in [0.4, 0.5) is 11.4 Å². The monoisotopic (exact) mass is 964 g/mol. The average molecular weight is 966 g/mol. The van der Waals surface area contributed by atoms with Crippen molar-refractivity contribution in [3.63, 3.8) is 0 Å². The highest BCUT2D eigenvalue weighted by atomic mass is 32.2. The molecule has 0 radical (unpaired) electrons. The maximum absolute atomic E-state index is 9.43. The van der Waals surface area contributed by atoms with Gasteiger partial charge < -0.3 is 5.32 Å². The largest absolute Gasteiger partial charge is 0.332 e. The van der Waals surface area contributed by atoms with Gasteiger partial charge in [-0.1, -0.05) is 89.8 Å². The third-order valence-electron chi connectivity index (χ3n) is 11.7. The van der Waals surface area contributed by atoms with Gasteiger partial charge in [0.05, 0.1) is 26.4 Å². The lowest BCUT2D eigenvalue weighted by Crippen LogP contribution is -2.76. The van der Waals surface area contributed by atoms with E-state index in [2.05, 4.69) is 97.3 Å². The first-order valence-corrected chi connectivity index (χ1v) is 28.9. The Morgan fingerprint density at radius 3 is 1.63 bits per heavy atom. The maximum Gasteiger partial charge on any atom is 0.227 e. The summed E-state index contributed by atoms with van der Waals surface area (Å²) in [6, 6.07) is 31.7. The van der Waals surface area contributed by atoms with E-state index in [9.17, 15) is 10.5 Å². The topological polar surface area (TPSA) is 76.2 Å². The number of fused-ring (bicyclic) bond motifs is 2. The van der Waals surface area contributed by atoms with Crippen LogP contribution in [0.25, 0.3) is 39.0 Å². The molecule has 0 spiro atoms. The fraction of sp³-hybridized carbons (Fsp3) is 0.360. The van der Waals surface area contributed by atoms with Crippen LogP contribution in [0, 0.1) is 22.7 Å². The first kappa shape index (κ1) is 44.1. The minimum atomic E-state index is 0.256. The van der Waals surface area contributed by atoms with Crippen LogP contribution in [0.1, 0.15) is 132 Å². The summed E-state index contributed by atoms with van der Waals surface area (Å²) < 4.78 is 0. The van der Waals surface area contributed by atoms with Crippen molar-refractivity contribution in [3.8, 4) is 51.2 Å². The standard InChI is InChI=1S/C50H50N4S8/c1-3-5-7-9-11-13-15-31-25-45(59-47(31)41-23-21-39(57-41)37-19-17-33(29-51)55-37)49-53-35-27-44-36(28-43(35)61-49)54-50(62-44)46-26-32(16-14-12-10-8-6-4-2)48(60-46)42-24-22-40(58-42)38-20-18-34(30-52)56-38/h17-28,49-50,53-54H,3-16H2,1-2H3/p+2. The Morgan fingerprint density at radius 1 is 0.565 bits per heavy atom. The molecule has 7 aromatic rings. The van der Waals surface area contributed by atoms with Crippen LogP contribution in [-0.2, 0) is 24.6 Å². The average Bonchev–Trinajstić information content (AvgIpc) is 4.13. The molecular formula is C50H52N4S8+2. The number of rotatable bonds is 20. The van der Waals surface area contributed by atoms with Gasteiger partial charge in [-0.05, 0) is 104 Å². The number of quaternary nitrogens is 1. The Labute approximate surface area is 399 Å². The molecule has 3 N–H and O–H groups in total. The third kappa shape index (κ3) is 10.1. The number of benzene rings is 1.